The minimum absolute atomic E-state index is 0.114. The summed E-state index contributed by atoms with van der Waals surface area (Å²) in [5, 5.41) is 11.2. The fourth-order valence-electron chi connectivity index (χ4n) is 1.38. The van der Waals surface area contributed by atoms with E-state index in [1.807, 2.05) is 0 Å². The van der Waals surface area contributed by atoms with Gasteiger partial charge in [0.15, 0.2) is 0 Å². The SMILES string of the molecule is C[C@@H](CO)CNC(=O)c1ccc(Br)cc1C(F)(F)F. The molecule has 0 heterocycles. The second-order valence-corrected chi connectivity index (χ2v) is 5.10. The highest BCUT2D eigenvalue weighted by Gasteiger charge is 2.35. The van der Waals surface area contributed by atoms with Crippen LogP contribution in [0.2, 0.25) is 0 Å². The molecule has 0 radical (unpaired) electrons. The van der Waals surface area contributed by atoms with Gasteiger partial charge in [0, 0.05) is 17.6 Å². The van der Waals surface area contributed by atoms with E-state index in [0.29, 0.717) is 0 Å². The Kier molecular flexibility index (Phi) is 5.37. The minimum Gasteiger partial charge on any atom is -0.396 e. The van der Waals surface area contributed by atoms with Crippen LogP contribution in [0, 0.1) is 5.92 Å². The van der Waals surface area contributed by atoms with Crippen LogP contribution in [-0.4, -0.2) is 24.2 Å². The minimum atomic E-state index is -4.60. The number of hydrogen-bond acceptors (Lipinski definition) is 2. The number of nitrogens with one attached hydrogen (secondary N) is 1. The Bertz CT molecular complexity index is 463. The van der Waals surface area contributed by atoms with Crippen LogP contribution in [0.3, 0.4) is 0 Å². The molecule has 0 unspecified atom stereocenters. The quantitative estimate of drug-likeness (QED) is 0.886. The van der Waals surface area contributed by atoms with Crippen LogP contribution in [0.5, 0.6) is 0 Å². The topological polar surface area (TPSA) is 49.3 Å². The fourth-order valence-corrected chi connectivity index (χ4v) is 1.74. The van der Waals surface area contributed by atoms with Gasteiger partial charge in [-0.2, -0.15) is 13.2 Å². The van der Waals surface area contributed by atoms with Crippen molar-refractivity contribution in [2.24, 2.45) is 5.92 Å². The molecular weight excluding hydrogens is 327 g/mol. The average molecular weight is 340 g/mol. The molecule has 0 saturated carbocycles. The summed E-state index contributed by atoms with van der Waals surface area (Å²) in [4.78, 5) is 11.7. The molecule has 7 heteroatoms. The lowest BCUT2D eigenvalue weighted by molar-refractivity contribution is -0.138. The molecule has 0 bridgehead atoms. The van der Waals surface area contributed by atoms with Gasteiger partial charge in [0.1, 0.15) is 0 Å². The average Bonchev–Trinajstić information content (AvgIpc) is 2.34. The smallest absolute Gasteiger partial charge is 0.396 e. The highest BCUT2D eigenvalue weighted by atomic mass is 79.9. The summed E-state index contributed by atoms with van der Waals surface area (Å²) in [6.45, 7) is 1.64. The maximum absolute atomic E-state index is 12.8. The fraction of sp³-hybridized carbons (Fsp3) is 0.417. The summed E-state index contributed by atoms with van der Waals surface area (Å²) in [6, 6.07) is 3.36. The predicted octanol–water partition coefficient (Wildman–Crippen LogP) is 2.83. The van der Waals surface area contributed by atoms with Gasteiger partial charge in [-0.3, -0.25) is 4.79 Å². The first-order chi connectivity index (χ1) is 8.75. The number of rotatable bonds is 4. The lowest BCUT2D eigenvalue weighted by atomic mass is 10.1. The Balaban J connectivity index is 2.97. The first-order valence-corrected chi connectivity index (χ1v) is 6.30. The lowest BCUT2D eigenvalue weighted by Gasteiger charge is -2.14. The van der Waals surface area contributed by atoms with Gasteiger partial charge in [0.05, 0.1) is 11.1 Å². The maximum Gasteiger partial charge on any atom is 0.417 e. The molecule has 106 valence electrons. The van der Waals surface area contributed by atoms with Crippen molar-refractivity contribution < 1.29 is 23.1 Å². The van der Waals surface area contributed by atoms with Gasteiger partial charge in [0.2, 0.25) is 0 Å². The van der Waals surface area contributed by atoms with Crippen molar-refractivity contribution in [3.8, 4) is 0 Å². The summed E-state index contributed by atoms with van der Waals surface area (Å²) < 4.78 is 38.7. The van der Waals surface area contributed by atoms with Crippen molar-refractivity contribution in [3.05, 3.63) is 33.8 Å². The number of aliphatic hydroxyl groups is 1. The van der Waals surface area contributed by atoms with E-state index in [0.717, 1.165) is 12.1 Å². The number of carbonyl (C=O) groups excluding carboxylic acids is 1. The van der Waals surface area contributed by atoms with Crippen LogP contribution in [-0.2, 0) is 6.18 Å². The molecule has 0 aromatic heterocycles. The highest BCUT2D eigenvalue weighted by Crippen LogP contribution is 2.33. The number of carbonyl (C=O) groups is 1. The Morgan fingerprint density at radius 1 is 1.47 bits per heavy atom. The zero-order valence-corrected chi connectivity index (χ0v) is 11.7. The van der Waals surface area contributed by atoms with E-state index in [9.17, 15) is 18.0 Å². The van der Waals surface area contributed by atoms with Gasteiger partial charge in [0.25, 0.3) is 5.91 Å². The number of hydrogen-bond donors (Lipinski definition) is 2. The largest absolute Gasteiger partial charge is 0.417 e. The van der Waals surface area contributed by atoms with E-state index in [1.54, 1.807) is 6.92 Å². The first kappa shape index (κ1) is 16.0. The second kappa shape index (κ2) is 6.38. The molecule has 0 saturated heterocycles. The number of alkyl halides is 3. The third-order valence-corrected chi connectivity index (χ3v) is 2.95. The third-order valence-electron chi connectivity index (χ3n) is 2.45. The van der Waals surface area contributed by atoms with Gasteiger partial charge in [-0.05, 0) is 24.1 Å². The van der Waals surface area contributed by atoms with Crippen molar-refractivity contribution >= 4 is 21.8 Å². The Hall–Kier alpha value is -1.08. The number of halogens is 4. The predicted molar refractivity (Wildman–Crippen MR) is 67.7 cm³/mol. The highest BCUT2D eigenvalue weighted by molar-refractivity contribution is 9.10. The molecule has 0 spiro atoms. The van der Waals surface area contributed by atoms with Crippen molar-refractivity contribution in [2.75, 3.05) is 13.2 Å². The molecule has 19 heavy (non-hydrogen) atoms. The van der Waals surface area contributed by atoms with Gasteiger partial charge in [-0.25, -0.2) is 0 Å². The monoisotopic (exact) mass is 339 g/mol. The lowest BCUT2D eigenvalue weighted by Crippen LogP contribution is -2.31. The van der Waals surface area contributed by atoms with Gasteiger partial charge in [-0.15, -0.1) is 0 Å². The van der Waals surface area contributed by atoms with E-state index >= 15 is 0 Å². The zero-order chi connectivity index (χ0) is 14.6. The summed E-state index contributed by atoms with van der Waals surface area (Å²) in [6.07, 6.45) is -4.60. The van der Waals surface area contributed by atoms with Crippen molar-refractivity contribution in [1.82, 2.24) is 5.32 Å². The van der Waals surface area contributed by atoms with Crippen LogP contribution in [0.15, 0.2) is 22.7 Å². The molecule has 1 aromatic rings. The van der Waals surface area contributed by atoms with Gasteiger partial charge in [-0.1, -0.05) is 22.9 Å². The molecule has 3 nitrogen and oxygen atoms in total. The molecule has 0 aliphatic heterocycles. The van der Waals surface area contributed by atoms with E-state index in [4.69, 9.17) is 5.11 Å². The summed E-state index contributed by atoms with van der Waals surface area (Å²) >= 11 is 2.95. The third kappa shape index (κ3) is 4.50. The molecule has 1 rings (SSSR count). The molecule has 1 aromatic carbocycles. The number of amides is 1. The Labute approximate surface area is 116 Å². The van der Waals surface area contributed by atoms with Crippen LogP contribution in [0.25, 0.3) is 0 Å². The standard InChI is InChI=1S/C12H13BrF3NO2/c1-7(6-18)5-17-11(19)9-3-2-8(13)4-10(9)12(14,15)16/h2-4,7,18H,5-6H2,1H3,(H,17,19)/t7-/m1/s1. The van der Waals surface area contributed by atoms with Gasteiger partial charge < -0.3 is 10.4 Å². The van der Waals surface area contributed by atoms with E-state index in [1.165, 1.54) is 6.07 Å². The van der Waals surface area contributed by atoms with Crippen LogP contribution < -0.4 is 5.32 Å². The van der Waals surface area contributed by atoms with Crippen LogP contribution in [0.4, 0.5) is 13.2 Å². The summed E-state index contributed by atoms with van der Waals surface area (Å²) in [5.74, 6) is -1.02. The van der Waals surface area contributed by atoms with Crippen molar-refractivity contribution in [1.29, 1.82) is 0 Å². The van der Waals surface area contributed by atoms with Crippen LogP contribution >= 0.6 is 15.9 Å². The maximum atomic E-state index is 12.8. The Morgan fingerprint density at radius 3 is 2.63 bits per heavy atom. The normalized spacial score (nSPS) is 13.2. The number of benzene rings is 1. The van der Waals surface area contributed by atoms with Crippen molar-refractivity contribution in [3.63, 3.8) is 0 Å². The number of aliphatic hydroxyl groups excluding tert-OH is 1. The van der Waals surface area contributed by atoms with Gasteiger partial charge >= 0.3 is 6.18 Å². The molecule has 0 aliphatic rings. The summed E-state index contributed by atoms with van der Waals surface area (Å²) in [5.41, 5.74) is -1.42. The molecule has 0 fully saturated rings. The molecule has 1 amide bonds. The molecule has 1 atom stereocenters. The first-order valence-electron chi connectivity index (χ1n) is 5.51. The zero-order valence-electron chi connectivity index (χ0n) is 10.1. The van der Waals surface area contributed by atoms with E-state index in [-0.39, 0.29) is 23.5 Å². The Morgan fingerprint density at radius 2 is 2.11 bits per heavy atom. The van der Waals surface area contributed by atoms with E-state index in [2.05, 4.69) is 21.2 Å². The summed E-state index contributed by atoms with van der Waals surface area (Å²) in [7, 11) is 0. The van der Waals surface area contributed by atoms with Crippen LogP contribution in [0.1, 0.15) is 22.8 Å². The molecule has 2 N–H and O–H groups in total. The van der Waals surface area contributed by atoms with E-state index < -0.39 is 23.2 Å². The molecular formula is C12H13BrF3NO2. The second-order valence-electron chi connectivity index (χ2n) is 4.19. The van der Waals surface area contributed by atoms with Crippen molar-refractivity contribution in [2.45, 2.75) is 13.1 Å². The molecule has 0 aliphatic carbocycles.